The normalized spacial score (nSPS) is 10.2. The van der Waals surface area contributed by atoms with Gasteiger partial charge in [-0.05, 0) is 0 Å². The molecule has 1 aromatic carbocycles. The fourth-order valence-electron chi connectivity index (χ4n) is 1.15. The molecule has 1 aromatic heterocycles. The van der Waals surface area contributed by atoms with Crippen LogP contribution in [0.1, 0.15) is 5.89 Å². The number of rotatable bonds is 2. The minimum absolute atomic E-state index is 0.340. The third-order valence-electron chi connectivity index (χ3n) is 1.80. The Bertz CT molecular complexity index is 381. The standard InChI is InChI=1S/C10H10N2O/c11-6-10-12-9(7-13-10)8-4-2-1-3-5-8/h1-5,7H,6,11H2. The Labute approximate surface area is 76.2 Å². The molecule has 0 atom stereocenters. The highest BCUT2D eigenvalue weighted by atomic mass is 16.3. The second kappa shape index (κ2) is 3.41. The average molecular weight is 174 g/mol. The Morgan fingerprint density at radius 1 is 1.23 bits per heavy atom. The highest BCUT2D eigenvalue weighted by Crippen LogP contribution is 2.17. The summed E-state index contributed by atoms with van der Waals surface area (Å²) < 4.78 is 5.13. The van der Waals surface area contributed by atoms with Crippen LogP contribution in [0.4, 0.5) is 0 Å². The van der Waals surface area contributed by atoms with E-state index in [-0.39, 0.29) is 0 Å². The number of nitrogens with zero attached hydrogens (tertiary/aromatic N) is 1. The van der Waals surface area contributed by atoms with Gasteiger partial charge < -0.3 is 10.2 Å². The summed E-state index contributed by atoms with van der Waals surface area (Å²) >= 11 is 0. The molecule has 66 valence electrons. The minimum atomic E-state index is 0.340. The van der Waals surface area contributed by atoms with Crippen molar-refractivity contribution in [3.63, 3.8) is 0 Å². The van der Waals surface area contributed by atoms with Crippen molar-refractivity contribution < 1.29 is 4.42 Å². The van der Waals surface area contributed by atoms with Crippen LogP contribution in [0.5, 0.6) is 0 Å². The molecule has 0 aliphatic heterocycles. The maximum absolute atomic E-state index is 5.38. The fraction of sp³-hybridized carbons (Fsp3) is 0.100. The third-order valence-corrected chi connectivity index (χ3v) is 1.80. The second-order valence-corrected chi connectivity index (χ2v) is 2.70. The summed E-state index contributed by atoms with van der Waals surface area (Å²) in [6.45, 7) is 0.340. The van der Waals surface area contributed by atoms with Crippen molar-refractivity contribution in [2.24, 2.45) is 5.73 Å². The van der Waals surface area contributed by atoms with E-state index < -0.39 is 0 Å². The van der Waals surface area contributed by atoms with Crippen LogP contribution < -0.4 is 5.73 Å². The van der Waals surface area contributed by atoms with Crippen LogP contribution in [-0.4, -0.2) is 4.98 Å². The number of hydrogen-bond acceptors (Lipinski definition) is 3. The second-order valence-electron chi connectivity index (χ2n) is 2.70. The molecule has 0 bridgehead atoms. The zero-order chi connectivity index (χ0) is 9.10. The molecule has 0 saturated carbocycles. The van der Waals surface area contributed by atoms with Gasteiger partial charge in [-0.15, -0.1) is 0 Å². The molecule has 3 heteroatoms. The van der Waals surface area contributed by atoms with Crippen molar-refractivity contribution in [3.8, 4) is 11.3 Å². The summed E-state index contributed by atoms with van der Waals surface area (Å²) in [5.74, 6) is 0.568. The van der Waals surface area contributed by atoms with Crippen molar-refractivity contribution in [2.45, 2.75) is 6.54 Å². The van der Waals surface area contributed by atoms with Crippen molar-refractivity contribution in [1.82, 2.24) is 4.98 Å². The quantitative estimate of drug-likeness (QED) is 0.755. The SMILES string of the molecule is NCc1nc(-c2ccccc2)co1. The van der Waals surface area contributed by atoms with E-state index in [2.05, 4.69) is 4.98 Å². The number of nitrogens with two attached hydrogens (primary N) is 1. The molecule has 3 nitrogen and oxygen atoms in total. The van der Waals surface area contributed by atoms with Gasteiger partial charge in [0.1, 0.15) is 12.0 Å². The molecular formula is C10H10N2O. The maximum Gasteiger partial charge on any atom is 0.208 e. The summed E-state index contributed by atoms with van der Waals surface area (Å²) in [5.41, 5.74) is 7.27. The Hall–Kier alpha value is -1.61. The number of benzene rings is 1. The molecule has 0 aliphatic carbocycles. The van der Waals surface area contributed by atoms with Crippen LogP contribution in [0, 0.1) is 0 Å². The Morgan fingerprint density at radius 2 is 2.00 bits per heavy atom. The van der Waals surface area contributed by atoms with Crippen LogP contribution >= 0.6 is 0 Å². The lowest BCUT2D eigenvalue weighted by molar-refractivity contribution is 0.498. The first-order valence-electron chi connectivity index (χ1n) is 4.10. The lowest BCUT2D eigenvalue weighted by atomic mass is 10.2. The Kier molecular flexibility index (Phi) is 2.10. The average Bonchev–Trinajstić information content (AvgIpc) is 2.67. The molecule has 0 aliphatic rings. The van der Waals surface area contributed by atoms with E-state index in [1.165, 1.54) is 0 Å². The van der Waals surface area contributed by atoms with E-state index in [9.17, 15) is 0 Å². The fourth-order valence-corrected chi connectivity index (χ4v) is 1.15. The monoisotopic (exact) mass is 174 g/mol. The highest BCUT2D eigenvalue weighted by Gasteiger charge is 2.02. The smallest absolute Gasteiger partial charge is 0.208 e. The molecule has 0 amide bonds. The van der Waals surface area contributed by atoms with E-state index in [0.717, 1.165) is 11.3 Å². The van der Waals surface area contributed by atoms with Crippen molar-refractivity contribution in [2.75, 3.05) is 0 Å². The summed E-state index contributed by atoms with van der Waals surface area (Å²) in [6, 6.07) is 9.86. The van der Waals surface area contributed by atoms with Gasteiger partial charge in [-0.1, -0.05) is 30.3 Å². The number of hydrogen-bond donors (Lipinski definition) is 1. The van der Waals surface area contributed by atoms with Gasteiger partial charge in [0.15, 0.2) is 0 Å². The summed E-state index contributed by atoms with van der Waals surface area (Å²) in [6.07, 6.45) is 1.62. The van der Waals surface area contributed by atoms with Gasteiger partial charge in [0.25, 0.3) is 0 Å². The van der Waals surface area contributed by atoms with E-state index in [4.69, 9.17) is 10.2 Å². The first kappa shape index (κ1) is 8.01. The third kappa shape index (κ3) is 1.60. The van der Waals surface area contributed by atoms with Gasteiger partial charge in [0.05, 0.1) is 6.54 Å². The van der Waals surface area contributed by atoms with Gasteiger partial charge in [-0.25, -0.2) is 4.98 Å². The molecule has 0 saturated heterocycles. The maximum atomic E-state index is 5.38. The molecule has 2 N–H and O–H groups in total. The van der Waals surface area contributed by atoms with Crippen LogP contribution in [0.25, 0.3) is 11.3 Å². The minimum Gasteiger partial charge on any atom is -0.447 e. The van der Waals surface area contributed by atoms with E-state index in [1.807, 2.05) is 30.3 Å². The highest BCUT2D eigenvalue weighted by molar-refractivity contribution is 5.57. The van der Waals surface area contributed by atoms with Gasteiger partial charge in [0, 0.05) is 5.56 Å². The zero-order valence-electron chi connectivity index (χ0n) is 7.10. The predicted octanol–water partition coefficient (Wildman–Crippen LogP) is 1.80. The van der Waals surface area contributed by atoms with E-state index in [1.54, 1.807) is 6.26 Å². The van der Waals surface area contributed by atoms with Crippen LogP contribution in [0.3, 0.4) is 0 Å². The molecule has 0 spiro atoms. The summed E-state index contributed by atoms with van der Waals surface area (Å²) in [4.78, 5) is 4.21. The van der Waals surface area contributed by atoms with Crippen molar-refractivity contribution in [1.29, 1.82) is 0 Å². The van der Waals surface area contributed by atoms with Gasteiger partial charge in [0.2, 0.25) is 5.89 Å². The van der Waals surface area contributed by atoms with Crippen molar-refractivity contribution in [3.05, 3.63) is 42.5 Å². The molecule has 2 aromatic rings. The molecule has 2 rings (SSSR count). The van der Waals surface area contributed by atoms with E-state index >= 15 is 0 Å². The molecule has 0 unspecified atom stereocenters. The first-order chi connectivity index (χ1) is 6.40. The topological polar surface area (TPSA) is 52.0 Å². The summed E-state index contributed by atoms with van der Waals surface area (Å²) in [5, 5.41) is 0. The first-order valence-corrected chi connectivity index (χ1v) is 4.10. The van der Waals surface area contributed by atoms with Crippen LogP contribution in [0.15, 0.2) is 41.0 Å². The van der Waals surface area contributed by atoms with Gasteiger partial charge >= 0.3 is 0 Å². The predicted molar refractivity (Wildman–Crippen MR) is 49.8 cm³/mol. The number of aromatic nitrogens is 1. The van der Waals surface area contributed by atoms with Crippen molar-refractivity contribution >= 4 is 0 Å². The molecule has 0 radical (unpaired) electrons. The Balaban J connectivity index is 2.36. The van der Waals surface area contributed by atoms with Gasteiger partial charge in [-0.3, -0.25) is 0 Å². The molecule has 1 heterocycles. The molecule has 13 heavy (non-hydrogen) atoms. The van der Waals surface area contributed by atoms with Gasteiger partial charge in [-0.2, -0.15) is 0 Å². The summed E-state index contributed by atoms with van der Waals surface area (Å²) in [7, 11) is 0. The Morgan fingerprint density at radius 3 is 2.62 bits per heavy atom. The lowest BCUT2D eigenvalue weighted by Gasteiger charge is -1.91. The zero-order valence-corrected chi connectivity index (χ0v) is 7.10. The largest absolute Gasteiger partial charge is 0.447 e. The van der Waals surface area contributed by atoms with Crippen LogP contribution in [0.2, 0.25) is 0 Å². The number of oxazole rings is 1. The van der Waals surface area contributed by atoms with Crippen LogP contribution in [-0.2, 0) is 6.54 Å². The van der Waals surface area contributed by atoms with E-state index in [0.29, 0.717) is 12.4 Å². The lowest BCUT2D eigenvalue weighted by Crippen LogP contribution is -1.95. The molecular weight excluding hydrogens is 164 g/mol. The molecule has 0 fully saturated rings.